The molecule has 9 atom stereocenters. The number of carbonyl (C=O) groups excluding carboxylic acids is 3. The van der Waals surface area contributed by atoms with Crippen molar-refractivity contribution in [2.45, 2.75) is 130 Å². The number of rotatable bonds is 9. The number of hydrogen-bond acceptors (Lipinski definition) is 6. The molecule has 3 aliphatic carbocycles. The van der Waals surface area contributed by atoms with E-state index in [9.17, 15) is 14.4 Å². The van der Waals surface area contributed by atoms with Gasteiger partial charge in [-0.3, -0.25) is 9.59 Å². The highest BCUT2D eigenvalue weighted by Crippen LogP contribution is 2.61. The van der Waals surface area contributed by atoms with Gasteiger partial charge in [0.2, 0.25) is 5.91 Å². The smallest absolute Gasteiger partial charge is 0.330 e. The molecule has 1 amide bonds. The number of allylic oxidation sites excluding steroid dienone is 2. The van der Waals surface area contributed by atoms with Crippen LogP contribution in [0.3, 0.4) is 0 Å². The Hall–Kier alpha value is -1.30. The second kappa shape index (κ2) is 12.7. The molecule has 7 nitrogen and oxygen atoms in total. The molecule has 0 spiro atoms. The third kappa shape index (κ3) is 6.72. The average molecular weight is 650 g/mol. The minimum atomic E-state index is -2.23. The summed E-state index contributed by atoms with van der Waals surface area (Å²) in [7, 11) is -1.48. The van der Waals surface area contributed by atoms with Crippen LogP contribution in [0.15, 0.2) is 12.2 Å². The molecule has 44 heavy (non-hydrogen) atoms. The number of carbonyl (C=O) groups is 3. The van der Waals surface area contributed by atoms with Gasteiger partial charge < -0.3 is 18.5 Å². The fourth-order valence-electron chi connectivity index (χ4n) is 7.59. The minimum absolute atomic E-state index is 0.0119. The van der Waals surface area contributed by atoms with Crippen molar-refractivity contribution in [2.75, 3.05) is 20.8 Å². The fourth-order valence-corrected chi connectivity index (χ4v) is 10.0. The van der Waals surface area contributed by atoms with Gasteiger partial charge in [-0.1, -0.05) is 74.0 Å². The third-order valence-corrected chi connectivity index (χ3v) is 21.7. The molecular formula is C35H63NO6Si2. The zero-order chi connectivity index (χ0) is 33.8. The number of methoxy groups -OCH3 is 1. The number of fused-ring (bicyclic) bond motifs is 3. The van der Waals surface area contributed by atoms with Gasteiger partial charge in [0.25, 0.3) is 0 Å². The van der Waals surface area contributed by atoms with E-state index in [2.05, 4.69) is 101 Å². The number of nitrogens with zero attached hydrogens (tertiary/aromatic N) is 1. The SMILES string of the molecule is COC(=O)[C@H](CO[Si](C)(C)C(C)(C)C)N(C)C(=O)[C@H]1C(=O)[C@@]2(C)[C@@H]3CC[C@@H](C)C[C@H]3C=C[C@H]2[C@@H]1[C@H](C)O[Si](C)(C)C(C)(C)C. The Morgan fingerprint density at radius 1 is 1.02 bits per heavy atom. The lowest BCUT2D eigenvalue weighted by Crippen LogP contribution is -2.54. The van der Waals surface area contributed by atoms with Crippen LogP contribution in [0.4, 0.5) is 0 Å². The Labute approximate surface area is 270 Å². The molecule has 0 bridgehead atoms. The van der Waals surface area contributed by atoms with E-state index in [1.165, 1.54) is 12.0 Å². The summed E-state index contributed by atoms with van der Waals surface area (Å²) in [5.41, 5.74) is -0.658. The summed E-state index contributed by atoms with van der Waals surface area (Å²) in [6.07, 6.45) is 7.44. The van der Waals surface area contributed by atoms with E-state index in [0.717, 1.165) is 19.3 Å². The Balaban J connectivity index is 2.06. The lowest BCUT2D eigenvalue weighted by atomic mass is 9.55. The van der Waals surface area contributed by atoms with Gasteiger partial charge in [0.05, 0.1) is 13.7 Å². The van der Waals surface area contributed by atoms with Gasteiger partial charge in [-0.15, -0.1) is 0 Å². The standard InChI is InChI=1S/C35H63NO6Si2/c1-22-16-18-25-24(20-22)17-19-26-28(23(2)42-44(14,15)34(6,7)8)29(30(37)35(25,26)9)31(38)36(10)27(32(39)40-11)21-41-43(12,13)33(3,4)5/h17,19,22-29H,16,18,20-21H2,1-15H3/t22-,23+,24-,25-,26+,27+,28+,29-,35+/m1/s1. The summed E-state index contributed by atoms with van der Waals surface area (Å²) in [6.45, 7) is 28.3. The molecule has 2 fully saturated rings. The van der Waals surface area contributed by atoms with Crippen molar-refractivity contribution in [1.29, 1.82) is 0 Å². The van der Waals surface area contributed by atoms with Crippen molar-refractivity contribution in [3.8, 4) is 0 Å². The minimum Gasteiger partial charge on any atom is -0.467 e. The fraction of sp³-hybridized carbons (Fsp3) is 0.857. The van der Waals surface area contributed by atoms with Gasteiger partial charge in [0.1, 0.15) is 5.92 Å². The molecule has 252 valence electrons. The lowest BCUT2D eigenvalue weighted by Gasteiger charge is -2.49. The van der Waals surface area contributed by atoms with E-state index in [1.54, 1.807) is 7.05 Å². The summed E-state index contributed by atoms with van der Waals surface area (Å²) in [5, 5.41) is -0.0858. The molecule has 3 aliphatic rings. The van der Waals surface area contributed by atoms with Crippen LogP contribution in [0.25, 0.3) is 0 Å². The molecule has 0 N–H and O–H groups in total. The molecule has 2 saturated carbocycles. The summed E-state index contributed by atoms with van der Waals surface area (Å²) < 4.78 is 18.6. The normalized spacial score (nSPS) is 32.5. The van der Waals surface area contributed by atoms with E-state index in [4.69, 9.17) is 13.6 Å². The number of Topliss-reactive ketones (excluding diaryl/α,β-unsaturated/α-hetero) is 1. The first kappa shape index (κ1) is 37.2. The average Bonchev–Trinajstić information content (AvgIpc) is 3.13. The van der Waals surface area contributed by atoms with Crippen LogP contribution in [0.1, 0.15) is 81.6 Å². The molecule has 0 heterocycles. The van der Waals surface area contributed by atoms with Crippen molar-refractivity contribution in [3.63, 3.8) is 0 Å². The van der Waals surface area contributed by atoms with Crippen LogP contribution in [0.2, 0.25) is 36.3 Å². The molecule has 3 rings (SSSR count). The predicted molar refractivity (Wildman–Crippen MR) is 182 cm³/mol. The van der Waals surface area contributed by atoms with E-state index in [-0.39, 0.29) is 52.2 Å². The zero-order valence-electron chi connectivity index (χ0n) is 30.5. The van der Waals surface area contributed by atoms with E-state index >= 15 is 0 Å². The van der Waals surface area contributed by atoms with Crippen LogP contribution in [-0.4, -0.2) is 72.1 Å². The summed E-state index contributed by atoms with van der Waals surface area (Å²) >= 11 is 0. The number of ether oxygens (including phenoxy) is 1. The summed E-state index contributed by atoms with van der Waals surface area (Å²) in [4.78, 5) is 44.2. The molecule has 0 radical (unpaired) electrons. The van der Waals surface area contributed by atoms with Crippen molar-refractivity contribution in [3.05, 3.63) is 12.2 Å². The first-order chi connectivity index (χ1) is 19.9. The van der Waals surface area contributed by atoms with Gasteiger partial charge in [-0.05, 0) is 79.7 Å². The molecule has 0 aromatic rings. The lowest BCUT2D eigenvalue weighted by molar-refractivity contribution is -0.157. The number of hydrogen-bond donors (Lipinski definition) is 0. The third-order valence-electron chi connectivity index (χ3n) is 12.6. The van der Waals surface area contributed by atoms with Crippen LogP contribution < -0.4 is 0 Å². The Morgan fingerprint density at radius 2 is 1.59 bits per heavy atom. The number of ketones is 1. The predicted octanol–water partition coefficient (Wildman–Crippen LogP) is 7.48. The first-order valence-corrected chi connectivity index (χ1v) is 22.6. The van der Waals surface area contributed by atoms with E-state index in [1.807, 2.05) is 0 Å². The number of likely N-dealkylation sites (N-methyl/N-ethyl adjacent to an activating group) is 1. The number of esters is 1. The van der Waals surface area contributed by atoms with Crippen molar-refractivity contribution in [1.82, 2.24) is 4.90 Å². The highest BCUT2D eigenvalue weighted by molar-refractivity contribution is 6.74. The van der Waals surface area contributed by atoms with E-state index in [0.29, 0.717) is 11.8 Å². The van der Waals surface area contributed by atoms with E-state index < -0.39 is 40.0 Å². The highest BCUT2D eigenvalue weighted by atomic mass is 28.4. The Bertz CT molecular complexity index is 1120. The van der Waals surface area contributed by atoms with Crippen LogP contribution in [0, 0.1) is 40.9 Å². The second-order valence-electron chi connectivity index (χ2n) is 17.4. The molecular weight excluding hydrogens is 587 g/mol. The maximum Gasteiger partial charge on any atom is 0.330 e. The topological polar surface area (TPSA) is 82.1 Å². The van der Waals surface area contributed by atoms with Crippen LogP contribution in [-0.2, 0) is 28.0 Å². The van der Waals surface area contributed by atoms with Crippen molar-refractivity contribution >= 4 is 34.3 Å². The zero-order valence-corrected chi connectivity index (χ0v) is 32.5. The van der Waals surface area contributed by atoms with Crippen LogP contribution in [0.5, 0.6) is 0 Å². The number of amides is 1. The molecule has 0 aromatic carbocycles. The van der Waals surface area contributed by atoms with Gasteiger partial charge in [-0.25, -0.2) is 4.79 Å². The quantitative estimate of drug-likeness (QED) is 0.112. The van der Waals surface area contributed by atoms with Crippen LogP contribution >= 0.6 is 0 Å². The maximum atomic E-state index is 14.9. The first-order valence-electron chi connectivity index (χ1n) is 16.8. The Kier molecular flexibility index (Phi) is 10.7. The maximum absolute atomic E-state index is 14.9. The molecule has 0 unspecified atom stereocenters. The largest absolute Gasteiger partial charge is 0.467 e. The molecule has 0 aromatic heterocycles. The summed E-state index contributed by atoms with van der Waals surface area (Å²) in [5.74, 6) is -1.02. The monoisotopic (exact) mass is 649 g/mol. The highest BCUT2D eigenvalue weighted by Gasteiger charge is 2.66. The summed E-state index contributed by atoms with van der Waals surface area (Å²) in [6, 6.07) is -0.944. The molecule has 9 heteroatoms. The van der Waals surface area contributed by atoms with Gasteiger partial charge in [-0.2, -0.15) is 0 Å². The van der Waals surface area contributed by atoms with Crippen molar-refractivity contribution < 1.29 is 28.0 Å². The Morgan fingerprint density at radius 3 is 2.11 bits per heavy atom. The second-order valence-corrected chi connectivity index (χ2v) is 27.0. The molecule has 0 aliphatic heterocycles. The molecule has 0 saturated heterocycles. The van der Waals surface area contributed by atoms with Gasteiger partial charge in [0.15, 0.2) is 28.5 Å². The van der Waals surface area contributed by atoms with Crippen molar-refractivity contribution in [2.24, 2.45) is 40.9 Å². The van der Waals surface area contributed by atoms with Gasteiger partial charge >= 0.3 is 5.97 Å². The van der Waals surface area contributed by atoms with Gasteiger partial charge in [0, 0.05) is 24.5 Å².